The van der Waals surface area contributed by atoms with E-state index in [1.807, 2.05) is 27.7 Å². The number of carbonyl (C=O) groups is 1. The van der Waals surface area contributed by atoms with Crippen molar-refractivity contribution in [1.29, 1.82) is 0 Å². The van der Waals surface area contributed by atoms with E-state index in [2.05, 4.69) is 13.0 Å². The molecule has 23 heavy (non-hydrogen) atoms. The van der Waals surface area contributed by atoms with E-state index in [0.29, 0.717) is 18.1 Å². The molecule has 4 heteroatoms. The van der Waals surface area contributed by atoms with E-state index in [-0.39, 0.29) is 5.97 Å². The van der Waals surface area contributed by atoms with Gasteiger partial charge >= 0.3 is 5.97 Å². The Labute approximate surface area is 139 Å². The lowest BCUT2D eigenvalue weighted by Gasteiger charge is -2.19. The lowest BCUT2D eigenvalue weighted by Crippen LogP contribution is -2.23. The number of unbranched alkanes of at least 4 members (excludes halogenated alkanes) is 1. The standard InChI is InChI=1S/C19H30O4/c1-14(9-6-7-11-17(20)23-19(3,4)5)13-15(2)18(21)16-10-8-12-22-16/h8,10,12-14,18,21H,6-7,9,11H2,1-5H3/b15-13+/t14-,18+/m1/s1. The first kappa shape index (κ1) is 19.5. The fourth-order valence-electron chi connectivity index (χ4n) is 2.42. The molecule has 1 aromatic rings. The quantitative estimate of drug-likeness (QED) is 0.424. The number of aliphatic hydroxyl groups is 1. The Hall–Kier alpha value is -1.55. The number of aliphatic hydroxyl groups excluding tert-OH is 1. The van der Waals surface area contributed by atoms with Gasteiger partial charge in [-0.05, 0) is 64.2 Å². The van der Waals surface area contributed by atoms with Crippen LogP contribution in [0.4, 0.5) is 0 Å². The topological polar surface area (TPSA) is 59.7 Å². The highest BCUT2D eigenvalue weighted by Crippen LogP contribution is 2.24. The van der Waals surface area contributed by atoms with Crippen LogP contribution in [0.15, 0.2) is 34.5 Å². The molecule has 0 fully saturated rings. The number of esters is 1. The molecule has 0 aliphatic heterocycles. The van der Waals surface area contributed by atoms with Gasteiger partial charge in [-0.25, -0.2) is 0 Å². The summed E-state index contributed by atoms with van der Waals surface area (Å²) in [7, 11) is 0. The second kappa shape index (κ2) is 8.92. The van der Waals surface area contributed by atoms with Crippen molar-refractivity contribution in [2.24, 2.45) is 5.92 Å². The van der Waals surface area contributed by atoms with Crippen LogP contribution in [-0.4, -0.2) is 16.7 Å². The Kier molecular flexibility index (Phi) is 7.56. The summed E-state index contributed by atoms with van der Waals surface area (Å²) in [6, 6.07) is 3.54. The Balaban J connectivity index is 2.30. The van der Waals surface area contributed by atoms with Crippen molar-refractivity contribution in [3.63, 3.8) is 0 Å². The maximum Gasteiger partial charge on any atom is 0.306 e. The second-order valence-corrected chi connectivity index (χ2v) is 7.14. The Morgan fingerprint density at radius 1 is 1.39 bits per heavy atom. The number of hydrogen-bond donors (Lipinski definition) is 1. The van der Waals surface area contributed by atoms with Gasteiger partial charge < -0.3 is 14.3 Å². The third-order valence-electron chi connectivity index (χ3n) is 3.50. The molecule has 0 aromatic carbocycles. The summed E-state index contributed by atoms with van der Waals surface area (Å²) in [4.78, 5) is 11.6. The summed E-state index contributed by atoms with van der Waals surface area (Å²) in [6.07, 6.45) is 6.17. The van der Waals surface area contributed by atoms with Crippen LogP contribution < -0.4 is 0 Å². The molecule has 130 valence electrons. The monoisotopic (exact) mass is 322 g/mol. The van der Waals surface area contributed by atoms with Gasteiger partial charge in [-0.3, -0.25) is 4.79 Å². The zero-order valence-electron chi connectivity index (χ0n) is 15.0. The fraction of sp³-hybridized carbons (Fsp3) is 0.632. The first-order valence-corrected chi connectivity index (χ1v) is 8.30. The molecule has 0 unspecified atom stereocenters. The van der Waals surface area contributed by atoms with E-state index in [1.54, 1.807) is 18.4 Å². The van der Waals surface area contributed by atoms with Gasteiger partial charge in [0.05, 0.1) is 6.26 Å². The van der Waals surface area contributed by atoms with Crippen LogP contribution in [0.25, 0.3) is 0 Å². The van der Waals surface area contributed by atoms with Crippen LogP contribution in [0.3, 0.4) is 0 Å². The first-order valence-electron chi connectivity index (χ1n) is 8.30. The number of allylic oxidation sites excluding steroid dienone is 1. The largest absolute Gasteiger partial charge is 0.466 e. The van der Waals surface area contributed by atoms with Gasteiger partial charge in [-0.1, -0.05) is 19.4 Å². The highest BCUT2D eigenvalue weighted by atomic mass is 16.6. The van der Waals surface area contributed by atoms with Gasteiger partial charge in [-0.2, -0.15) is 0 Å². The molecule has 0 amide bonds. The summed E-state index contributed by atoms with van der Waals surface area (Å²) in [5.41, 5.74) is 0.478. The first-order chi connectivity index (χ1) is 10.7. The van der Waals surface area contributed by atoms with Gasteiger partial charge in [0.1, 0.15) is 17.5 Å². The van der Waals surface area contributed by atoms with Crippen molar-refractivity contribution in [3.8, 4) is 0 Å². The minimum absolute atomic E-state index is 0.134. The van der Waals surface area contributed by atoms with Crippen molar-refractivity contribution in [2.75, 3.05) is 0 Å². The predicted octanol–water partition coefficient (Wildman–Crippen LogP) is 4.80. The lowest BCUT2D eigenvalue weighted by molar-refractivity contribution is -0.154. The fourth-order valence-corrected chi connectivity index (χ4v) is 2.42. The molecule has 1 N–H and O–H groups in total. The van der Waals surface area contributed by atoms with E-state index < -0.39 is 11.7 Å². The molecule has 0 radical (unpaired) electrons. The molecule has 1 heterocycles. The predicted molar refractivity (Wildman–Crippen MR) is 90.9 cm³/mol. The van der Waals surface area contributed by atoms with E-state index in [1.165, 1.54) is 0 Å². The third kappa shape index (κ3) is 8.03. The van der Waals surface area contributed by atoms with Crippen molar-refractivity contribution in [3.05, 3.63) is 35.8 Å². The molecule has 0 bridgehead atoms. The molecule has 2 atom stereocenters. The lowest BCUT2D eigenvalue weighted by atomic mass is 9.98. The van der Waals surface area contributed by atoms with Crippen molar-refractivity contribution < 1.29 is 19.1 Å². The zero-order valence-corrected chi connectivity index (χ0v) is 15.0. The highest BCUT2D eigenvalue weighted by Gasteiger charge is 2.16. The van der Waals surface area contributed by atoms with Gasteiger partial charge in [0.25, 0.3) is 0 Å². The molecule has 4 nitrogen and oxygen atoms in total. The van der Waals surface area contributed by atoms with E-state index >= 15 is 0 Å². The van der Waals surface area contributed by atoms with Crippen LogP contribution in [0.2, 0.25) is 0 Å². The summed E-state index contributed by atoms with van der Waals surface area (Å²) in [5.74, 6) is 0.777. The SMILES string of the molecule is C/C(=C\[C@H](C)CCCCC(=O)OC(C)(C)C)[C@H](O)c1ccco1. The Morgan fingerprint density at radius 3 is 2.65 bits per heavy atom. The van der Waals surface area contributed by atoms with Gasteiger partial charge in [0.2, 0.25) is 0 Å². The Morgan fingerprint density at radius 2 is 2.09 bits per heavy atom. The summed E-state index contributed by atoms with van der Waals surface area (Å²) in [6.45, 7) is 9.66. The maximum atomic E-state index is 11.6. The molecule has 1 aromatic heterocycles. The van der Waals surface area contributed by atoms with E-state index in [4.69, 9.17) is 9.15 Å². The van der Waals surface area contributed by atoms with Crippen LogP contribution >= 0.6 is 0 Å². The average molecular weight is 322 g/mol. The van der Waals surface area contributed by atoms with Gasteiger partial charge in [0.15, 0.2) is 0 Å². The maximum absolute atomic E-state index is 11.6. The summed E-state index contributed by atoms with van der Waals surface area (Å²) < 4.78 is 10.5. The Bertz CT molecular complexity index is 494. The van der Waals surface area contributed by atoms with Gasteiger partial charge in [0, 0.05) is 6.42 Å². The molecule has 0 saturated heterocycles. The van der Waals surface area contributed by atoms with Crippen LogP contribution in [0.1, 0.15) is 72.2 Å². The van der Waals surface area contributed by atoms with E-state index in [9.17, 15) is 9.90 Å². The molecule has 1 rings (SSSR count). The zero-order chi connectivity index (χ0) is 17.5. The number of ether oxygens (including phenoxy) is 1. The molecular formula is C19H30O4. The number of furan rings is 1. The number of rotatable bonds is 8. The highest BCUT2D eigenvalue weighted by molar-refractivity contribution is 5.69. The van der Waals surface area contributed by atoms with Crippen LogP contribution in [0, 0.1) is 5.92 Å². The third-order valence-corrected chi connectivity index (χ3v) is 3.50. The average Bonchev–Trinajstić information content (AvgIpc) is 2.94. The van der Waals surface area contributed by atoms with Crippen molar-refractivity contribution in [2.45, 2.75) is 72.0 Å². The molecule has 0 spiro atoms. The van der Waals surface area contributed by atoms with Crippen LogP contribution in [0.5, 0.6) is 0 Å². The second-order valence-electron chi connectivity index (χ2n) is 7.14. The molecule has 0 saturated carbocycles. The van der Waals surface area contributed by atoms with Crippen molar-refractivity contribution in [1.82, 2.24) is 0 Å². The molecule has 0 aliphatic rings. The smallest absolute Gasteiger partial charge is 0.306 e. The minimum Gasteiger partial charge on any atom is -0.466 e. The minimum atomic E-state index is -0.686. The van der Waals surface area contributed by atoms with E-state index in [0.717, 1.165) is 24.8 Å². The summed E-state index contributed by atoms with van der Waals surface area (Å²) >= 11 is 0. The molecular weight excluding hydrogens is 292 g/mol. The van der Waals surface area contributed by atoms with Crippen molar-refractivity contribution >= 4 is 5.97 Å². The normalized spacial score (nSPS) is 15.3. The number of hydrogen-bond acceptors (Lipinski definition) is 4. The summed E-state index contributed by atoms with van der Waals surface area (Å²) in [5, 5.41) is 10.2. The van der Waals surface area contributed by atoms with Crippen LogP contribution in [-0.2, 0) is 9.53 Å². The molecule has 0 aliphatic carbocycles. The number of carbonyl (C=O) groups excluding carboxylic acids is 1. The van der Waals surface area contributed by atoms with Gasteiger partial charge in [-0.15, -0.1) is 0 Å².